The first-order chi connectivity index (χ1) is 16.8. The summed E-state index contributed by atoms with van der Waals surface area (Å²) in [7, 11) is 0. The van der Waals surface area contributed by atoms with E-state index < -0.39 is 0 Å². The van der Waals surface area contributed by atoms with Crippen LogP contribution in [0.25, 0.3) is 0 Å². The molecule has 34 heavy (non-hydrogen) atoms. The second kappa shape index (κ2) is 10.8. The van der Waals surface area contributed by atoms with Crippen molar-refractivity contribution in [2.24, 2.45) is 0 Å². The fraction of sp³-hybridized carbons (Fsp3) is 0.367. The number of benzene rings is 3. The Hall–Kier alpha value is -3.29. The van der Waals surface area contributed by atoms with Gasteiger partial charge in [0.2, 0.25) is 0 Å². The maximum absolute atomic E-state index is 9.37. The molecule has 2 aliphatic rings. The normalized spacial score (nSPS) is 16.0. The molecule has 1 aliphatic heterocycles. The Morgan fingerprint density at radius 3 is 2.32 bits per heavy atom. The minimum Gasteiger partial charge on any atom is -0.489 e. The predicted octanol–water partition coefficient (Wildman–Crippen LogP) is 5.38. The van der Waals surface area contributed by atoms with Crippen molar-refractivity contribution in [3.63, 3.8) is 0 Å². The number of anilines is 1. The standard InChI is InChI=1S/C30H33N3O/c31-22-28-7-3-4-8-30(28)33-19-17-32(18-20-33)16-15-24-9-11-25(12-10-24)23-34-29-14-13-26-5-1-2-6-27(26)21-29/h3-4,7-14,21H,1-2,5-6,15-20,23H2. The van der Waals surface area contributed by atoms with Crippen LogP contribution in [0.4, 0.5) is 5.69 Å². The molecule has 1 heterocycles. The van der Waals surface area contributed by atoms with E-state index in [1.807, 2.05) is 18.2 Å². The molecule has 174 valence electrons. The molecule has 1 fully saturated rings. The number of ether oxygens (including phenoxy) is 1. The van der Waals surface area contributed by atoms with Gasteiger partial charge in [0.25, 0.3) is 0 Å². The molecule has 3 aromatic carbocycles. The molecule has 0 atom stereocenters. The Bertz CT molecular complexity index is 1140. The molecular weight excluding hydrogens is 418 g/mol. The Balaban J connectivity index is 1.07. The topological polar surface area (TPSA) is 39.5 Å². The summed E-state index contributed by atoms with van der Waals surface area (Å²) in [5, 5.41) is 9.37. The third-order valence-electron chi connectivity index (χ3n) is 7.20. The third kappa shape index (κ3) is 5.43. The van der Waals surface area contributed by atoms with E-state index in [1.54, 1.807) is 0 Å². The number of para-hydroxylation sites is 1. The van der Waals surface area contributed by atoms with Gasteiger partial charge in [0.05, 0.1) is 11.3 Å². The van der Waals surface area contributed by atoms with Crippen LogP contribution in [0.15, 0.2) is 66.7 Å². The van der Waals surface area contributed by atoms with Crippen molar-refractivity contribution in [1.29, 1.82) is 5.26 Å². The molecule has 0 spiro atoms. The summed E-state index contributed by atoms with van der Waals surface area (Å²) in [4.78, 5) is 4.87. The van der Waals surface area contributed by atoms with Crippen molar-refractivity contribution < 1.29 is 4.74 Å². The average molecular weight is 452 g/mol. The first kappa shape index (κ1) is 22.5. The predicted molar refractivity (Wildman–Crippen MR) is 137 cm³/mol. The van der Waals surface area contributed by atoms with Crippen molar-refractivity contribution in [2.45, 2.75) is 38.7 Å². The highest BCUT2D eigenvalue weighted by molar-refractivity contribution is 5.59. The average Bonchev–Trinajstić information content (AvgIpc) is 2.91. The molecule has 4 heteroatoms. The van der Waals surface area contributed by atoms with Crippen LogP contribution in [0.5, 0.6) is 5.75 Å². The van der Waals surface area contributed by atoms with Gasteiger partial charge in [0, 0.05) is 32.7 Å². The highest BCUT2D eigenvalue weighted by Crippen LogP contribution is 2.26. The summed E-state index contributed by atoms with van der Waals surface area (Å²) in [5.74, 6) is 0.987. The number of fused-ring (bicyclic) bond motifs is 1. The molecule has 4 nitrogen and oxygen atoms in total. The molecule has 0 aromatic heterocycles. The van der Waals surface area contributed by atoms with Gasteiger partial charge in [0.15, 0.2) is 0 Å². The fourth-order valence-corrected chi connectivity index (χ4v) is 5.11. The van der Waals surface area contributed by atoms with Crippen molar-refractivity contribution in [3.8, 4) is 11.8 Å². The lowest BCUT2D eigenvalue weighted by atomic mass is 9.92. The van der Waals surface area contributed by atoms with Gasteiger partial charge in [-0.15, -0.1) is 0 Å². The van der Waals surface area contributed by atoms with Gasteiger partial charge >= 0.3 is 0 Å². The molecule has 0 unspecified atom stereocenters. The quantitative estimate of drug-likeness (QED) is 0.483. The van der Waals surface area contributed by atoms with E-state index in [1.165, 1.54) is 47.9 Å². The molecule has 1 saturated heterocycles. The monoisotopic (exact) mass is 451 g/mol. The van der Waals surface area contributed by atoms with Crippen molar-refractivity contribution >= 4 is 5.69 Å². The molecule has 1 aliphatic carbocycles. The van der Waals surface area contributed by atoms with Crippen LogP contribution in [0.2, 0.25) is 0 Å². The Kier molecular flexibility index (Phi) is 7.12. The molecule has 0 N–H and O–H groups in total. The lowest BCUT2D eigenvalue weighted by Gasteiger charge is -2.36. The molecular formula is C30H33N3O. The van der Waals surface area contributed by atoms with Crippen LogP contribution in [-0.4, -0.2) is 37.6 Å². The molecule has 5 rings (SSSR count). The van der Waals surface area contributed by atoms with Crippen molar-refractivity contribution in [3.05, 3.63) is 94.5 Å². The number of rotatable bonds is 7. The zero-order valence-electron chi connectivity index (χ0n) is 19.9. The number of nitriles is 1. The van der Waals surface area contributed by atoms with E-state index in [2.05, 4.69) is 64.4 Å². The summed E-state index contributed by atoms with van der Waals surface area (Å²) < 4.78 is 6.08. The smallest absolute Gasteiger partial charge is 0.120 e. The van der Waals surface area contributed by atoms with Gasteiger partial charge in [-0.2, -0.15) is 5.26 Å². The lowest BCUT2D eigenvalue weighted by Crippen LogP contribution is -2.47. The summed E-state index contributed by atoms with van der Waals surface area (Å²) in [6.45, 7) is 5.69. The molecule has 0 bridgehead atoms. The van der Waals surface area contributed by atoms with Crippen LogP contribution in [0, 0.1) is 11.3 Å². The molecule has 0 radical (unpaired) electrons. The molecule has 0 saturated carbocycles. The largest absolute Gasteiger partial charge is 0.489 e. The van der Waals surface area contributed by atoms with E-state index in [9.17, 15) is 5.26 Å². The van der Waals surface area contributed by atoms with Gasteiger partial charge in [-0.05, 0) is 78.6 Å². The van der Waals surface area contributed by atoms with E-state index in [0.29, 0.717) is 6.61 Å². The number of piperazine rings is 1. The molecule has 0 amide bonds. The summed E-state index contributed by atoms with van der Waals surface area (Å²) in [6.07, 6.45) is 6.06. The van der Waals surface area contributed by atoms with Crippen LogP contribution >= 0.6 is 0 Å². The first-order valence-corrected chi connectivity index (χ1v) is 12.6. The van der Waals surface area contributed by atoms with E-state index in [4.69, 9.17) is 4.74 Å². The van der Waals surface area contributed by atoms with Crippen molar-refractivity contribution in [1.82, 2.24) is 4.90 Å². The second-order valence-electron chi connectivity index (χ2n) is 9.45. The Morgan fingerprint density at radius 2 is 1.53 bits per heavy atom. The van der Waals surface area contributed by atoms with Crippen LogP contribution in [0.1, 0.15) is 40.7 Å². The maximum atomic E-state index is 9.37. The van der Waals surface area contributed by atoms with Gasteiger partial charge in [-0.3, -0.25) is 4.90 Å². The number of nitrogens with zero attached hydrogens (tertiary/aromatic N) is 3. The minimum atomic E-state index is 0.616. The third-order valence-corrected chi connectivity index (χ3v) is 7.20. The van der Waals surface area contributed by atoms with Gasteiger partial charge in [0.1, 0.15) is 18.4 Å². The zero-order chi connectivity index (χ0) is 23.2. The SMILES string of the molecule is N#Cc1ccccc1N1CCN(CCc2ccc(COc3ccc4c(c3)CCCC4)cc2)CC1. The summed E-state index contributed by atoms with van der Waals surface area (Å²) in [5.41, 5.74) is 7.39. The van der Waals surface area contributed by atoms with E-state index in [-0.39, 0.29) is 0 Å². The minimum absolute atomic E-state index is 0.616. The Labute approximate surface area is 203 Å². The second-order valence-corrected chi connectivity index (χ2v) is 9.45. The van der Waals surface area contributed by atoms with Gasteiger partial charge in [-0.1, -0.05) is 42.5 Å². The van der Waals surface area contributed by atoms with Crippen LogP contribution < -0.4 is 9.64 Å². The van der Waals surface area contributed by atoms with Gasteiger partial charge < -0.3 is 9.64 Å². The zero-order valence-corrected chi connectivity index (χ0v) is 19.9. The molecule has 3 aromatic rings. The van der Waals surface area contributed by atoms with Gasteiger partial charge in [-0.25, -0.2) is 0 Å². The van der Waals surface area contributed by atoms with Crippen LogP contribution in [0.3, 0.4) is 0 Å². The fourth-order valence-electron chi connectivity index (χ4n) is 5.11. The summed E-state index contributed by atoms with van der Waals surface area (Å²) >= 11 is 0. The van der Waals surface area contributed by atoms with Crippen LogP contribution in [-0.2, 0) is 25.9 Å². The first-order valence-electron chi connectivity index (χ1n) is 12.6. The van der Waals surface area contributed by atoms with Crippen molar-refractivity contribution in [2.75, 3.05) is 37.6 Å². The summed E-state index contributed by atoms with van der Waals surface area (Å²) in [6, 6.07) is 25.7. The lowest BCUT2D eigenvalue weighted by molar-refractivity contribution is 0.261. The number of aryl methyl sites for hydroxylation is 2. The highest BCUT2D eigenvalue weighted by Gasteiger charge is 2.19. The number of hydrogen-bond donors (Lipinski definition) is 0. The Morgan fingerprint density at radius 1 is 0.794 bits per heavy atom. The maximum Gasteiger partial charge on any atom is 0.120 e. The van der Waals surface area contributed by atoms with E-state index >= 15 is 0 Å². The van der Waals surface area contributed by atoms with E-state index in [0.717, 1.165) is 56.1 Å². The number of hydrogen-bond acceptors (Lipinski definition) is 4. The highest BCUT2D eigenvalue weighted by atomic mass is 16.5.